The molecular weight excluding hydrogens is 240 g/mol. The Morgan fingerprint density at radius 2 is 2.32 bits per heavy atom. The van der Waals surface area contributed by atoms with E-state index in [9.17, 15) is 4.79 Å². The minimum atomic E-state index is 0.0610. The van der Waals surface area contributed by atoms with Crippen LogP contribution in [0.15, 0.2) is 18.2 Å². The van der Waals surface area contributed by atoms with Crippen molar-refractivity contribution in [2.75, 3.05) is 18.6 Å². The predicted molar refractivity (Wildman–Crippen MR) is 76.6 cm³/mol. The van der Waals surface area contributed by atoms with Gasteiger partial charge >= 0.3 is 0 Å². The first-order chi connectivity index (χ1) is 9.13. The zero-order chi connectivity index (χ0) is 13.8. The van der Waals surface area contributed by atoms with Crippen LogP contribution in [0.4, 0.5) is 5.69 Å². The van der Waals surface area contributed by atoms with Crippen LogP contribution in [-0.2, 0) is 11.2 Å². The molecular formula is C15H22N2O2. The van der Waals surface area contributed by atoms with Crippen molar-refractivity contribution in [1.82, 2.24) is 0 Å². The number of amides is 1. The third-order valence-electron chi connectivity index (χ3n) is 3.51. The number of methoxy groups -OCH3 is 1. The van der Waals surface area contributed by atoms with Crippen molar-refractivity contribution < 1.29 is 9.53 Å². The van der Waals surface area contributed by atoms with E-state index >= 15 is 0 Å². The van der Waals surface area contributed by atoms with Crippen LogP contribution < -0.4 is 15.4 Å². The van der Waals surface area contributed by atoms with Crippen molar-refractivity contribution in [2.24, 2.45) is 5.73 Å². The minimum absolute atomic E-state index is 0.0610. The Morgan fingerprint density at radius 3 is 3.00 bits per heavy atom. The molecule has 0 spiro atoms. The molecule has 1 heterocycles. The molecule has 1 aromatic carbocycles. The fourth-order valence-corrected chi connectivity index (χ4v) is 2.52. The Kier molecular flexibility index (Phi) is 4.43. The summed E-state index contributed by atoms with van der Waals surface area (Å²) in [5.41, 5.74) is 7.87. The number of nitrogens with zero attached hydrogens (tertiary/aromatic N) is 1. The van der Waals surface area contributed by atoms with Gasteiger partial charge in [-0.2, -0.15) is 0 Å². The highest BCUT2D eigenvalue weighted by Crippen LogP contribution is 2.36. The summed E-state index contributed by atoms with van der Waals surface area (Å²) in [6.45, 7) is 2.70. The molecule has 0 bridgehead atoms. The predicted octanol–water partition coefficient (Wildman–Crippen LogP) is 2.10. The zero-order valence-corrected chi connectivity index (χ0v) is 11.7. The summed E-state index contributed by atoms with van der Waals surface area (Å²) in [6.07, 6.45) is 3.22. The molecule has 1 aliphatic rings. The average Bonchev–Trinajstić information content (AvgIpc) is 2.43. The number of rotatable bonds is 4. The standard InChI is InChI=1S/C15H22N2O2/c1-11(16)8-9-14(18)17-10-4-6-12-5-3-7-13(19-2)15(12)17/h3,5,7,11H,4,6,8-10,16H2,1-2H3. The first-order valence-corrected chi connectivity index (χ1v) is 6.85. The van der Waals surface area contributed by atoms with E-state index in [1.54, 1.807) is 7.11 Å². The zero-order valence-electron chi connectivity index (χ0n) is 11.7. The van der Waals surface area contributed by atoms with Gasteiger partial charge in [0.05, 0.1) is 12.8 Å². The summed E-state index contributed by atoms with van der Waals surface area (Å²) >= 11 is 0. The SMILES string of the molecule is COc1cccc2c1N(C(=O)CCC(C)N)CCC2. The number of nitrogens with two attached hydrogens (primary N) is 1. The van der Waals surface area contributed by atoms with Crippen molar-refractivity contribution in [1.29, 1.82) is 0 Å². The number of aryl methyl sites for hydroxylation is 1. The molecule has 19 heavy (non-hydrogen) atoms. The summed E-state index contributed by atoms with van der Waals surface area (Å²) in [6, 6.07) is 6.03. The van der Waals surface area contributed by atoms with Gasteiger partial charge in [-0.05, 0) is 37.8 Å². The van der Waals surface area contributed by atoms with Gasteiger partial charge in [-0.3, -0.25) is 4.79 Å². The molecule has 1 unspecified atom stereocenters. The van der Waals surface area contributed by atoms with Crippen LogP contribution in [0.3, 0.4) is 0 Å². The highest BCUT2D eigenvalue weighted by atomic mass is 16.5. The third-order valence-corrected chi connectivity index (χ3v) is 3.51. The lowest BCUT2D eigenvalue weighted by Gasteiger charge is -2.31. The quantitative estimate of drug-likeness (QED) is 0.904. The molecule has 0 saturated carbocycles. The number of carbonyl (C=O) groups excluding carboxylic acids is 1. The summed E-state index contributed by atoms with van der Waals surface area (Å²) < 4.78 is 5.40. The van der Waals surface area contributed by atoms with Crippen LogP contribution in [-0.4, -0.2) is 25.6 Å². The lowest BCUT2D eigenvalue weighted by molar-refractivity contribution is -0.118. The molecule has 2 N–H and O–H groups in total. The summed E-state index contributed by atoms with van der Waals surface area (Å²) in [5, 5.41) is 0. The molecule has 0 fully saturated rings. The molecule has 4 nitrogen and oxygen atoms in total. The minimum Gasteiger partial charge on any atom is -0.495 e. The molecule has 1 amide bonds. The fourth-order valence-electron chi connectivity index (χ4n) is 2.52. The first kappa shape index (κ1) is 13.9. The Hall–Kier alpha value is -1.55. The van der Waals surface area contributed by atoms with Gasteiger partial charge in [-0.15, -0.1) is 0 Å². The van der Waals surface area contributed by atoms with Gasteiger partial charge in [0.25, 0.3) is 0 Å². The second-order valence-electron chi connectivity index (χ2n) is 5.13. The first-order valence-electron chi connectivity index (χ1n) is 6.85. The third kappa shape index (κ3) is 3.07. The largest absolute Gasteiger partial charge is 0.495 e. The van der Waals surface area contributed by atoms with Crippen molar-refractivity contribution in [2.45, 2.75) is 38.6 Å². The fraction of sp³-hybridized carbons (Fsp3) is 0.533. The average molecular weight is 262 g/mol. The van der Waals surface area contributed by atoms with E-state index in [2.05, 4.69) is 6.07 Å². The van der Waals surface area contributed by atoms with Crippen molar-refractivity contribution >= 4 is 11.6 Å². The molecule has 104 valence electrons. The number of carbonyl (C=O) groups is 1. The van der Waals surface area contributed by atoms with E-state index in [1.807, 2.05) is 24.0 Å². The molecule has 0 aliphatic carbocycles. The van der Waals surface area contributed by atoms with E-state index in [1.165, 1.54) is 5.56 Å². The Labute approximate surface area is 114 Å². The summed E-state index contributed by atoms with van der Waals surface area (Å²) in [4.78, 5) is 14.2. The number of fused-ring (bicyclic) bond motifs is 1. The van der Waals surface area contributed by atoms with Crippen molar-refractivity contribution in [3.63, 3.8) is 0 Å². The Morgan fingerprint density at radius 1 is 1.53 bits per heavy atom. The molecule has 1 atom stereocenters. The second-order valence-corrected chi connectivity index (χ2v) is 5.13. The smallest absolute Gasteiger partial charge is 0.227 e. The monoisotopic (exact) mass is 262 g/mol. The maximum absolute atomic E-state index is 12.3. The van der Waals surface area contributed by atoms with Crippen molar-refractivity contribution in [3.05, 3.63) is 23.8 Å². The highest BCUT2D eigenvalue weighted by Gasteiger charge is 2.25. The molecule has 0 radical (unpaired) electrons. The maximum Gasteiger partial charge on any atom is 0.227 e. The molecule has 2 rings (SSSR count). The van der Waals surface area contributed by atoms with E-state index in [-0.39, 0.29) is 11.9 Å². The van der Waals surface area contributed by atoms with Crippen LogP contribution in [0.2, 0.25) is 0 Å². The number of ether oxygens (including phenoxy) is 1. The maximum atomic E-state index is 12.3. The second kappa shape index (κ2) is 6.06. The van der Waals surface area contributed by atoms with Gasteiger partial charge in [-0.25, -0.2) is 0 Å². The van der Waals surface area contributed by atoms with Gasteiger partial charge in [0.1, 0.15) is 5.75 Å². The van der Waals surface area contributed by atoms with Gasteiger partial charge in [0, 0.05) is 19.0 Å². The molecule has 1 aromatic rings. The Balaban J connectivity index is 2.23. The van der Waals surface area contributed by atoms with Crippen LogP contribution in [0.25, 0.3) is 0 Å². The summed E-state index contributed by atoms with van der Waals surface area (Å²) in [5.74, 6) is 0.925. The van der Waals surface area contributed by atoms with Crippen LogP contribution in [0, 0.1) is 0 Å². The number of para-hydroxylation sites is 1. The van der Waals surface area contributed by atoms with Crippen LogP contribution >= 0.6 is 0 Å². The van der Waals surface area contributed by atoms with E-state index in [0.29, 0.717) is 6.42 Å². The Bertz CT molecular complexity index is 443. The molecule has 0 aromatic heterocycles. The van der Waals surface area contributed by atoms with Crippen LogP contribution in [0.1, 0.15) is 31.7 Å². The number of anilines is 1. The number of hydrogen-bond donors (Lipinski definition) is 1. The normalized spacial score (nSPS) is 15.8. The van der Waals surface area contributed by atoms with Gasteiger partial charge in [0.2, 0.25) is 5.91 Å². The molecule has 0 saturated heterocycles. The van der Waals surface area contributed by atoms with E-state index in [0.717, 1.165) is 37.2 Å². The molecule has 1 aliphatic heterocycles. The van der Waals surface area contributed by atoms with Gasteiger partial charge in [-0.1, -0.05) is 12.1 Å². The van der Waals surface area contributed by atoms with E-state index in [4.69, 9.17) is 10.5 Å². The summed E-state index contributed by atoms with van der Waals surface area (Å²) in [7, 11) is 1.65. The van der Waals surface area contributed by atoms with Crippen LogP contribution in [0.5, 0.6) is 5.75 Å². The van der Waals surface area contributed by atoms with Gasteiger partial charge in [0.15, 0.2) is 0 Å². The topological polar surface area (TPSA) is 55.6 Å². The lowest BCUT2D eigenvalue weighted by Crippen LogP contribution is -2.36. The van der Waals surface area contributed by atoms with Crippen molar-refractivity contribution in [3.8, 4) is 5.75 Å². The number of benzene rings is 1. The van der Waals surface area contributed by atoms with E-state index < -0.39 is 0 Å². The lowest BCUT2D eigenvalue weighted by atomic mass is 10.00. The number of hydrogen-bond acceptors (Lipinski definition) is 3. The molecule has 4 heteroatoms. The highest BCUT2D eigenvalue weighted by molar-refractivity contribution is 5.96. The van der Waals surface area contributed by atoms with Gasteiger partial charge < -0.3 is 15.4 Å².